The van der Waals surface area contributed by atoms with Crippen molar-refractivity contribution in [3.8, 4) is 0 Å². The maximum absolute atomic E-state index is 13.3. The number of rotatable bonds is 5. The van der Waals surface area contributed by atoms with Crippen LogP contribution in [0.4, 0.5) is 13.2 Å². The molecule has 0 heterocycles. The van der Waals surface area contributed by atoms with Crippen molar-refractivity contribution in [2.45, 2.75) is 25.8 Å². The molecule has 0 saturated carbocycles. The van der Waals surface area contributed by atoms with E-state index in [1.54, 1.807) is 6.92 Å². The van der Waals surface area contributed by atoms with E-state index in [-0.39, 0.29) is 25.0 Å². The lowest BCUT2D eigenvalue weighted by Crippen LogP contribution is -2.27. The molecule has 6 heteroatoms. The lowest BCUT2D eigenvalue weighted by molar-refractivity contribution is -0.143. The van der Waals surface area contributed by atoms with Gasteiger partial charge in [-0.3, -0.25) is 4.79 Å². The number of benzene rings is 1. The van der Waals surface area contributed by atoms with Crippen LogP contribution in [0, 0.1) is 17.5 Å². The largest absolute Gasteiger partial charge is 0.466 e. The number of ether oxygens (including phenoxy) is 1. The van der Waals surface area contributed by atoms with Crippen molar-refractivity contribution >= 4 is 5.97 Å². The van der Waals surface area contributed by atoms with Crippen LogP contribution in [0.2, 0.25) is 0 Å². The third-order valence-electron chi connectivity index (χ3n) is 2.31. The Labute approximate surface area is 103 Å². The van der Waals surface area contributed by atoms with E-state index in [9.17, 15) is 18.0 Å². The summed E-state index contributed by atoms with van der Waals surface area (Å²) in [5.74, 6) is -3.79. The van der Waals surface area contributed by atoms with Gasteiger partial charge in [0.15, 0.2) is 11.6 Å². The molecule has 3 nitrogen and oxygen atoms in total. The zero-order valence-corrected chi connectivity index (χ0v) is 9.88. The molecule has 0 saturated heterocycles. The molecule has 0 aliphatic heterocycles. The van der Waals surface area contributed by atoms with E-state index >= 15 is 0 Å². The average molecular weight is 261 g/mol. The van der Waals surface area contributed by atoms with Gasteiger partial charge in [-0.05, 0) is 25.0 Å². The number of carbonyl (C=O) groups excluding carboxylic acids is 1. The molecule has 0 spiro atoms. The highest BCUT2D eigenvalue weighted by molar-refractivity contribution is 5.70. The molecule has 0 aliphatic carbocycles. The monoisotopic (exact) mass is 261 g/mol. The number of nitrogens with two attached hydrogens (primary N) is 1. The van der Waals surface area contributed by atoms with Crippen LogP contribution in [0.15, 0.2) is 12.1 Å². The summed E-state index contributed by atoms with van der Waals surface area (Å²) in [4.78, 5) is 11.1. The second-order valence-electron chi connectivity index (χ2n) is 3.83. The van der Waals surface area contributed by atoms with Gasteiger partial charge in [0.05, 0.1) is 13.0 Å². The van der Waals surface area contributed by atoms with Gasteiger partial charge in [-0.25, -0.2) is 13.2 Å². The van der Waals surface area contributed by atoms with Gasteiger partial charge in [0.1, 0.15) is 5.82 Å². The van der Waals surface area contributed by atoms with Gasteiger partial charge >= 0.3 is 5.97 Å². The van der Waals surface area contributed by atoms with Gasteiger partial charge < -0.3 is 10.5 Å². The highest BCUT2D eigenvalue weighted by Crippen LogP contribution is 2.15. The molecule has 0 fully saturated rings. The minimum Gasteiger partial charge on any atom is -0.466 e. The zero-order chi connectivity index (χ0) is 13.7. The zero-order valence-electron chi connectivity index (χ0n) is 9.88. The first-order valence-electron chi connectivity index (χ1n) is 5.48. The summed E-state index contributed by atoms with van der Waals surface area (Å²) in [6.45, 7) is 1.88. The van der Waals surface area contributed by atoms with E-state index in [2.05, 4.69) is 4.74 Å². The fourth-order valence-electron chi connectivity index (χ4n) is 1.51. The number of hydrogen-bond acceptors (Lipinski definition) is 3. The normalized spacial score (nSPS) is 12.3. The molecular weight excluding hydrogens is 247 g/mol. The molecule has 1 atom stereocenters. The fourth-order valence-corrected chi connectivity index (χ4v) is 1.51. The molecule has 2 N–H and O–H groups in total. The van der Waals surface area contributed by atoms with E-state index < -0.39 is 29.5 Å². The van der Waals surface area contributed by atoms with Crippen molar-refractivity contribution < 1.29 is 22.7 Å². The van der Waals surface area contributed by atoms with E-state index in [0.717, 1.165) is 6.07 Å². The Kier molecular flexibility index (Phi) is 5.15. The summed E-state index contributed by atoms with van der Waals surface area (Å²) in [6.07, 6.45) is -0.172. The van der Waals surface area contributed by atoms with Crippen LogP contribution < -0.4 is 5.73 Å². The smallest absolute Gasteiger partial charge is 0.307 e. The van der Waals surface area contributed by atoms with Crippen molar-refractivity contribution in [2.75, 3.05) is 6.61 Å². The Bertz CT molecular complexity index is 438. The number of hydrogen-bond donors (Lipinski definition) is 1. The Hall–Kier alpha value is -1.56. The molecule has 1 aromatic carbocycles. The minimum atomic E-state index is -1.25. The summed E-state index contributed by atoms with van der Waals surface area (Å²) in [6, 6.07) is 0.501. The van der Waals surface area contributed by atoms with E-state index in [1.165, 1.54) is 0 Å². The molecule has 0 radical (unpaired) electrons. The van der Waals surface area contributed by atoms with Crippen molar-refractivity contribution in [3.63, 3.8) is 0 Å². The summed E-state index contributed by atoms with van der Waals surface area (Å²) in [5, 5.41) is 0. The Morgan fingerprint density at radius 3 is 2.50 bits per heavy atom. The third kappa shape index (κ3) is 4.03. The first-order chi connectivity index (χ1) is 8.43. The molecule has 1 aromatic rings. The minimum absolute atomic E-state index is 0.0642. The first-order valence-corrected chi connectivity index (χ1v) is 5.48. The van der Waals surface area contributed by atoms with Crippen LogP contribution in [-0.2, 0) is 16.0 Å². The van der Waals surface area contributed by atoms with Crippen molar-refractivity contribution in [1.82, 2.24) is 0 Å². The molecule has 1 unspecified atom stereocenters. The average Bonchev–Trinajstić information content (AvgIpc) is 2.26. The van der Waals surface area contributed by atoms with Gasteiger partial charge in [0, 0.05) is 12.1 Å². The molecule has 0 amide bonds. The third-order valence-corrected chi connectivity index (χ3v) is 2.31. The quantitative estimate of drug-likeness (QED) is 0.651. The first kappa shape index (κ1) is 14.5. The second-order valence-corrected chi connectivity index (χ2v) is 3.83. The molecule has 0 aromatic heterocycles. The summed E-state index contributed by atoms with van der Waals surface area (Å²) >= 11 is 0. The SMILES string of the molecule is CCOC(=O)CC(N)Cc1cc(F)c(F)cc1F. The van der Waals surface area contributed by atoms with E-state index in [4.69, 9.17) is 5.73 Å². The predicted octanol–water partition coefficient (Wildman–Crippen LogP) is 1.93. The van der Waals surface area contributed by atoms with Crippen LogP contribution in [0.5, 0.6) is 0 Å². The second kappa shape index (κ2) is 6.39. The van der Waals surface area contributed by atoms with Crippen LogP contribution >= 0.6 is 0 Å². The Balaban J connectivity index is 2.67. The van der Waals surface area contributed by atoms with Crippen molar-refractivity contribution in [1.29, 1.82) is 0 Å². The highest BCUT2D eigenvalue weighted by Gasteiger charge is 2.15. The van der Waals surface area contributed by atoms with E-state index in [1.807, 2.05) is 0 Å². The highest BCUT2D eigenvalue weighted by atomic mass is 19.2. The summed E-state index contributed by atoms with van der Waals surface area (Å²) in [7, 11) is 0. The van der Waals surface area contributed by atoms with Gasteiger partial charge in [-0.2, -0.15) is 0 Å². The van der Waals surface area contributed by atoms with E-state index in [0.29, 0.717) is 6.07 Å². The van der Waals surface area contributed by atoms with Crippen LogP contribution in [0.3, 0.4) is 0 Å². The molecule has 18 heavy (non-hydrogen) atoms. The predicted molar refractivity (Wildman–Crippen MR) is 59.2 cm³/mol. The summed E-state index contributed by atoms with van der Waals surface area (Å²) in [5.41, 5.74) is 5.55. The van der Waals surface area contributed by atoms with Crippen molar-refractivity contribution in [2.24, 2.45) is 5.73 Å². The summed E-state index contributed by atoms with van der Waals surface area (Å²) < 4.78 is 43.6. The topological polar surface area (TPSA) is 52.3 Å². The standard InChI is InChI=1S/C12H14F3NO2/c1-2-18-12(17)5-8(16)3-7-4-10(14)11(15)6-9(7)13/h4,6,8H,2-3,5,16H2,1H3. The Morgan fingerprint density at radius 1 is 1.28 bits per heavy atom. The van der Waals surface area contributed by atoms with Gasteiger partial charge in [0.2, 0.25) is 0 Å². The number of esters is 1. The number of carbonyl (C=O) groups is 1. The number of halogens is 3. The maximum atomic E-state index is 13.3. The lowest BCUT2D eigenvalue weighted by Gasteiger charge is -2.11. The molecule has 1 rings (SSSR count). The fraction of sp³-hybridized carbons (Fsp3) is 0.417. The van der Waals surface area contributed by atoms with Gasteiger partial charge in [0.25, 0.3) is 0 Å². The molecule has 0 bridgehead atoms. The Morgan fingerprint density at radius 2 is 1.89 bits per heavy atom. The molecule has 0 aliphatic rings. The lowest BCUT2D eigenvalue weighted by atomic mass is 10.0. The van der Waals surface area contributed by atoms with Crippen molar-refractivity contribution in [3.05, 3.63) is 35.1 Å². The van der Waals surface area contributed by atoms with Crippen LogP contribution in [-0.4, -0.2) is 18.6 Å². The van der Waals surface area contributed by atoms with Crippen LogP contribution in [0.25, 0.3) is 0 Å². The maximum Gasteiger partial charge on any atom is 0.307 e. The molecular formula is C12H14F3NO2. The molecule has 100 valence electrons. The van der Waals surface area contributed by atoms with Crippen LogP contribution in [0.1, 0.15) is 18.9 Å². The van der Waals surface area contributed by atoms with Gasteiger partial charge in [-0.15, -0.1) is 0 Å². The van der Waals surface area contributed by atoms with Gasteiger partial charge in [-0.1, -0.05) is 0 Å².